The van der Waals surface area contributed by atoms with E-state index < -0.39 is 4.92 Å². The first-order valence-corrected chi connectivity index (χ1v) is 7.31. The van der Waals surface area contributed by atoms with E-state index in [4.69, 9.17) is 11.6 Å². The number of nitrogens with zero attached hydrogens (tertiary/aromatic N) is 2. The van der Waals surface area contributed by atoms with Crippen molar-refractivity contribution in [3.05, 3.63) is 69.9 Å². The van der Waals surface area contributed by atoms with E-state index >= 15 is 0 Å². The molecule has 2 aromatic heterocycles. The second-order valence-electron chi connectivity index (χ2n) is 5.24. The molecule has 0 atom stereocenters. The van der Waals surface area contributed by atoms with E-state index in [2.05, 4.69) is 9.97 Å². The van der Waals surface area contributed by atoms with Gasteiger partial charge in [-0.3, -0.25) is 10.1 Å². The van der Waals surface area contributed by atoms with Gasteiger partial charge in [0.25, 0.3) is 5.69 Å². The van der Waals surface area contributed by atoms with Gasteiger partial charge in [-0.1, -0.05) is 17.7 Å². The van der Waals surface area contributed by atoms with Gasteiger partial charge < -0.3 is 4.98 Å². The quantitative estimate of drug-likeness (QED) is 0.419. The molecule has 6 heteroatoms. The predicted molar refractivity (Wildman–Crippen MR) is 90.7 cm³/mol. The molecule has 0 aliphatic rings. The molecular weight excluding hydrogens is 314 g/mol. The number of nitro benzene ring substituents is 1. The van der Waals surface area contributed by atoms with Crippen molar-refractivity contribution in [1.29, 1.82) is 0 Å². The number of rotatable bonds is 2. The summed E-state index contributed by atoms with van der Waals surface area (Å²) in [4.78, 5) is 17.9. The van der Waals surface area contributed by atoms with Crippen LogP contribution in [0.3, 0.4) is 0 Å². The Balaban J connectivity index is 1.89. The SMILES string of the molecule is O=[N+]([O-])c1ccc(-c2ccc3[nH]c4ncc(Cl)cc4c3c2)cc1. The number of H-pyrrole nitrogens is 1. The number of nitro groups is 1. The fraction of sp³-hybridized carbons (Fsp3) is 0. The molecule has 0 unspecified atom stereocenters. The van der Waals surface area contributed by atoms with E-state index in [0.717, 1.165) is 33.1 Å². The van der Waals surface area contributed by atoms with Crippen LogP contribution in [0.25, 0.3) is 33.1 Å². The van der Waals surface area contributed by atoms with E-state index in [9.17, 15) is 10.1 Å². The summed E-state index contributed by atoms with van der Waals surface area (Å²) in [5, 5.41) is 13.3. The summed E-state index contributed by atoms with van der Waals surface area (Å²) in [5.74, 6) is 0. The Labute approximate surface area is 135 Å². The fourth-order valence-corrected chi connectivity index (χ4v) is 2.86. The monoisotopic (exact) mass is 323 g/mol. The van der Waals surface area contributed by atoms with Crippen molar-refractivity contribution in [3.63, 3.8) is 0 Å². The maximum absolute atomic E-state index is 10.7. The second kappa shape index (κ2) is 5.07. The van der Waals surface area contributed by atoms with Gasteiger partial charge >= 0.3 is 0 Å². The van der Waals surface area contributed by atoms with Gasteiger partial charge in [0.1, 0.15) is 5.65 Å². The van der Waals surface area contributed by atoms with Crippen molar-refractivity contribution in [1.82, 2.24) is 9.97 Å². The van der Waals surface area contributed by atoms with Crippen molar-refractivity contribution >= 4 is 39.2 Å². The molecule has 0 saturated carbocycles. The molecule has 1 N–H and O–H groups in total. The van der Waals surface area contributed by atoms with E-state index in [-0.39, 0.29) is 5.69 Å². The van der Waals surface area contributed by atoms with Gasteiger partial charge in [-0.2, -0.15) is 0 Å². The lowest BCUT2D eigenvalue weighted by Crippen LogP contribution is -1.87. The minimum absolute atomic E-state index is 0.0814. The molecule has 0 spiro atoms. The lowest BCUT2D eigenvalue weighted by molar-refractivity contribution is -0.384. The van der Waals surface area contributed by atoms with Gasteiger partial charge in [-0.05, 0) is 41.5 Å². The number of aromatic nitrogens is 2. The average Bonchev–Trinajstić information content (AvgIpc) is 2.92. The molecule has 0 radical (unpaired) electrons. The van der Waals surface area contributed by atoms with Gasteiger partial charge in [0.2, 0.25) is 0 Å². The Bertz CT molecular complexity index is 1050. The zero-order valence-corrected chi connectivity index (χ0v) is 12.5. The Hall–Kier alpha value is -2.92. The molecule has 0 amide bonds. The molecule has 0 bridgehead atoms. The van der Waals surface area contributed by atoms with Crippen LogP contribution in [0.2, 0.25) is 5.02 Å². The number of halogens is 1. The van der Waals surface area contributed by atoms with Crippen molar-refractivity contribution in [2.75, 3.05) is 0 Å². The largest absolute Gasteiger partial charge is 0.339 e. The highest BCUT2D eigenvalue weighted by atomic mass is 35.5. The summed E-state index contributed by atoms with van der Waals surface area (Å²) in [5.41, 5.74) is 3.73. The average molecular weight is 324 g/mol. The Morgan fingerprint density at radius 2 is 1.74 bits per heavy atom. The number of aromatic amines is 1. The number of fused-ring (bicyclic) bond motifs is 3. The van der Waals surface area contributed by atoms with Gasteiger partial charge in [0, 0.05) is 34.6 Å². The molecule has 0 fully saturated rings. The second-order valence-corrected chi connectivity index (χ2v) is 5.68. The summed E-state index contributed by atoms with van der Waals surface area (Å²) in [6, 6.07) is 14.4. The highest BCUT2D eigenvalue weighted by Crippen LogP contribution is 2.31. The Morgan fingerprint density at radius 1 is 1.00 bits per heavy atom. The number of benzene rings is 2. The lowest BCUT2D eigenvalue weighted by atomic mass is 10.0. The lowest BCUT2D eigenvalue weighted by Gasteiger charge is -2.02. The molecule has 2 heterocycles. The number of hydrogen-bond acceptors (Lipinski definition) is 3. The van der Waals surface area contributed by atoms with Crippen LogP contribution in [0.5, 0.6) is 0 Å². The van der Waals surface area contributed by atoms with E-state index in [1.165, 1.54) is 12.1 Å². The van der Waals surface area contributed by atoms with Crippen LogP contribution >= 0.6 is 11.6 Å². The van der Waals surface area contributed by atoms with Crippen LogP contribution in [0.15, 0.2) is 54.7 Å². The third-order valence-electron chi connectivity index (χ3n) is 3.83. The highest BCUT2D eigenvalue weighted by molar-refractivity contribution is 6.31. The molecule has 0 saturated heterocycles. The van der Waals surface area contributed by atoms with Gasteiger partial charge in [-0.25, -0.2) is 4.98 Å². The number of nitrogens with one attached hydrogen (secondary N) is 1. The first-order chi connectivity index (χ1) is 11.1. The molecule has 23 heavy (non-hydrogen) atoms. The Kier molecular flexibility index (Phi) is 3.02. The number of non-ortho nitro benzene ring substituents is 1. The summed E-state index contributed by atoms with van der Waals surface area (Å²) < 4.78 is 0. The smallest absolute Gasteiger partial charge is 0.269 e. The minimum atomic E-state index is -0.402. The Morgan fingerprint density at radius 3 is 2.48 bits per heavy atom. The van der Waals surface area contributed by atoms with Crippen LogP contribution < -0.4 is 0 Å². The van der Waals surface area contributed by atoms with Gasteiger partial charge in [0.15, 0.2) is 0 Å². The first kappa shape index (κ1) is 13.7. The first-order valence-electron chi connectivity index (χ1n) is 6.93. The number of hydrogen-bond donors (Lipinski definition) is 1. The van der Waals surface area contributed by atoms with Crippen molar-refractivity contribution in [3.8, 4) is 11.1 Å². The van der Waals surface area contributed by atoms with Gasteiger partial charge in [0.05, 0.1) is 9.95 Å². The minimum Gasteiger partial charge on any atom is -0.339 e. The van der Waals surface area contributed by atoms with E-state index in [1.54, 1.807) is 18.3 Å². The fourth-order valence-electron chi connectivity index (χ4n) is 2.70. The number of pyridine rings is 1. The summed E-state index contributed by atoms with van der Waals surface area (Å²) in [6.45, 7) is 0. The summed E-state index contributed by atoms with van der Waals surface area (Å²) in [6.07, 6.45) is 1.61. The van der Waals surface area contributed by atoms with Crippen molar-refractivity contribution in [2.24, 2.45) is 0 Å². The third-order valence-corrected chi connectivity index (χ3v) is 4.04. The van der Waals surface area contributed by atoms with Crippen LogP contribution in [-0.4, -0.2) is 14.9 Å². The molecular formula is C17H10ClN3O2. The molecule has 5 nitrogen and oxygen atoms in total. The topological polar surface area (TPSA) is 71.8 Å². The summed E-state index contributed by atoms with van der Waals surface area (Å²) >= 11 is 6.04. The molecule has 0 aliphatic heterocycles. The predicted octanol–water partition coefficient (Wildman–Crippen LogP) is 4.94. The van der Waals surface area contributed by atoms with E-state index in [0.29, 0.717) is 5.02 Å². The molecule has 4 aromatic rings. The normalized spacial score (nSPS) is 11.2. The molecule has 0 aliphatic carbocycles. The van der Waals surface area contributed by atoms with Crippen LogP contribution in [0, 0.1) is 10.1 Å². The standard InChI is InChI=1S/C17H10ClN3O2/c18-12-8-15-14-7-11(3-6-16(14)20-17(15)19-9-12)10-1-4-13(5-2-10)21(22)23/h1-9H,(H,19,20). The summed E-state index contributed by atoms with van der Waals surface area (Å²) in [7, 11) is 0. The molecule has 4 rings (SSSR count). The van der Waals surface area contributed by atoms with E-state index in [1.807, 2.05) is 24.3 Å². The highest BCUT2D eigenvalue weighted by Gasteiger charge is 2.09. The maximum Gasteiger partial charge on any atom is 0.269 e. The third kappa shape index (κ3) is 2.31. The maximum atomic E-state index is 10.7. The molecule has 2 aromatic carbocycles. The van der Waals surface area contributed by atoms with Crippen LogP contribution in [0.1, 0.15) is 0 Å². The molecule has 112 valence electrons. The van der Waals surface area contributed by atoms with Crippen LogP contribution in [0.4, 0.5) is 5.69 Å². The van der Waals surface area contributed by atoms with Crippen LogP contribution in [-0.2, 0) is 0 Å². The van der Waals surface area contributed by atoms with Crippen molar-refractivity contribution in [2.45, 2.75) is 0 Å². The van der Waals surface area contributed by atoms with Crippen molar-refractivity contribution < 1.29 is 4.92 Å². The zero-order chi connectivity index (χ0) is 16.0. The van der Waals surface area contributed by atoms with Gasteiger partial charge in [-0.15, -0.1) is 0 Å². The zero-order valence-electron chi connectivity index (χ0n) is 11.8.